The van der Waals surface area contributed by atoms with Crippen LogP contribution < -0.4 is 5.32 Å². The van der Waals surface area contributed by atoms with Crippen molar-refractivity contribution in [3.8, 4) is 0 Å². The number of benzene rings is 1. The Kier molecular flexibility index (Phi) is 4.43. The molecule has 0 saturated heterocycles. The lowest BCUT2D eigenvalue weighted by Gasteiger charge is -2.06. The third-order valence-corrected chi connectivity index (χ3v) is 4.83. The molecule has 0 fully saturated rings. The summed E-state index contributed by atoms with van der Waals surface area (Å²) in [6.45, 7) is 4.18. The topological polar surface area (TPSA) is 75.1 Å². The normalized spacial score (nSPS) is 11.4. The minimum Gasteiger partial charge on any atom is -0.350 e. The van der Waals surface area contributed by atoms with Gasteiger partial charge in [-0.15, -0.1) is 0 Å². The number of aromatic nitrogens is 4. The number of nitrogens with one attached hydrogen (secondary N) is 2. The van der Waals surface area contributed by atoms with E-state index in [4.69, 9.17) is 0 Å². The van der Waals surface area contributed by atoms with E-state index >= 15 is 0 Å². The molecule has 0 radical (unpaired) electrons. The zero-order chi connectivity index (χ0) is 19.1. The summed E-state index contributed by atoms with van der Waals surface area (Å²) in [5.74, 6) is 0.194. The van der Waals surface area contributed by atoms with Crippen LogP contribution in [-0.4, -0.2) is 31.8 Å². The summed E-state index contributed by atoms with van der Waals surface area (Å²) in [6.07, 6.45) is 2.35. The molecule has 1 amide bonds. The predicted octanol–water partition coefficient (Wildman–Crippen LogP) is 3.70. The molecule has 0 bridgehead atoms. The molecule has 1 aromatic carbocycles. The SMILES string of the molecule is Cc1nc2c(C)cc(Br)cn2c1C(=O)NCCc1nc2ccc(F)cc2[nH]1. The van der Waals surface area contributed by atoms with Gasteiger partial charge in [0, 0.05) is 23.6 Å². The highest BCUT2D eigenvalue weighted by Crippen LogP contribution is 2.20. The smallest absolute Gasteiger partial charge is 0.270 e. The average molecular weight is 430 g/mol. The number of fused-ring (bicyclic) bond motifs is 2. The monoisotopic (exact) mass is 429 g/mol. The van der Waals surface area contributed by atoms with Crippen LogP contribution in [0.3, 0.4) is 0 Å². The van der Waals surface area contributed by atoms with Crippen LogP contribution in [0.2, 0.25) is 0 Å². The van der Waals surface area contributed by atoms with Crippen molar-refractivity contribution in [3.63, 3.8) is 0 Å². The first-order valence-electron chi connectivity index (χ1n) is 8.49. The van der Waals surface area contributed by atoms with Gasteiger partial charge in [-0.05, 0) is 59.6 Å². The second kappa shape index (κ2) is 6.77. The molecule has 3 heterocycles. The molecule has 8 heteroatoms. The zero-order valence-electron chi connectivity index (χ0n) is 14.8. The third-order valence-electron chi connectivity index (χ3n) is 4.40. The van der Waals surface area contributed by atoms with Crippen LogP contribution in [0.15, 0.2) is 34.9 Å². The first kappa shape index (κ1) is 17.7. The van der Waals surface area contributed by atoms with Crippen molar-refractivity contribution in [1.82, 2.24) is 24.7 Å². The summed E-state index contributed by atoms with van der Waals surface area (Å²) in [4.78, 5) is 24.7. The Morgan fingerprint density at radius 3 is 2.93 bits per heavy atom. The number of amides is 1. The van der Waals surface area contributed by atoms with E-state index in [2.05, 4.69) is 36.2 Å². The molecule has 0 aliphatic carbocycles. The Morgan fingerprint density at radius 2 is 2.11 bits per heavy atom. The maximum absolute atomic E-state index is 13.3. The maximum atomic E-state index is 13.3. The largest absolute Gasteiger partial charge is 0.350 e. The fraction of sp³-hybridized carbons (Fsp3) is 0.211. The lowest BCUT2D eigenvalue weighted by atomic mass is 10.3. The second-order valence-corrected chi connectivity index (χ2v) is 7.35. The van der Waals surface area contributed by atoms with Crippen molar-refractivity contribution in [2.75, 3.05) is 6.54 Å². The fourth-order valence-corrected chi connectivity index (χ4v) is 3.73. The first-order valence-corrected chi connectivity index (χ1v) is 9.29. The predicted molar refractivity (Wildman–Crippen MR) is 104 cm³/mol. The standard InChI is InChI=1S/C19H17BrFN5O/c1-10-7-12(20)9-26-17(11(2)23-18(10)26)19(27)22-6-5-16-24-14-4-3-13(21)8-15(14)25-16/h3-4,7-9H,5-6H2,1-2H3,(H,22,27)(H,24,25). The lowest BCUT2D eigenvalue weighted by molar-refractivity contribution is 0.0947. The van der Waals surface area contributed by atoms with Crippen molar-refractivity contribution in [3.05, 3.63) is 63.5 Å². The quantitative estimate of drug-likeness (QED) is 0.519. The van der Waals surface area contributed by atoms with Gasteiger partial charge in [-0.3, -0.25) is 9.20 Å². The number of halogens is 2. The minimum atomic E-state index is -0.310. The summed E-state index contributed by atoms with van der Waals surface area (Å²) in [7, 11) is 0. The van der Waals surface area contributed by atoms with Gasteiger partial charge in [-0.2, -0.15) is 0 Å². The summed E-state index contributed by atoms with van der Waals surface area (Å²) in [5.41, 5.74) is 4.29. The van der Waals surface area contributed by atoms with Gasteiger partial charge in [0.25, 0.3) is 5.91 Å². The summed E-state index contributed by atoms with van der Waals surface area (Å²) >= 11 is 3.46. The highest BCUT2D eigenvalue weighted by Gasteiger charge is 2.18. The van der Waals surface area contributed by atoms with Crippen LogP contribution in [0.1, 0.15) is 27.6 Å². The molecule has 0 unspecified atom stereocenters. The highest BCUT2D eigenvalue weighted by atomic mass is 79.9. The van der Waals surface area contributed by atoms with E-state index in [-0.39, 0.29) is 11.7 Å². The molecule has 0 aliphatic rings. The number of H-pyrrole nitrogens is 1. The molecule has 138 valence electrons. The van der Waals surface area contributed by atoms with E-state index in [1.165, 1.54) is 12.1 Å². The van der Waals surface area contributed by atoms with Crippen LogP contribution in [0.4, 0.5) is 4.39 Å². The first-order chi connectivity index (χ1) is 12.9. The summed E-state index contributed by atoms with van der Waals surface area (Å²) in [5, 5.41) is 2.91. The number of aromatic amines is 1. The van der Waals surface area contributed by atoms with E-state index in [1.807, 2.05) is 26.1 Å². The fourth-order valence-electron chi connectivity index (χ4n) is 3.19. The number of nitrogens with zero attached hydrogens (tertiary/aromatic N) is 3. The number of rotatable bonds is 4. The molecule has 0 saturated carbocycles. The van der Waals surface area contributed by atoms with Gasteiger partial charge in [-0.1, -0.05) is 0 Å². The molecular formula is C19H17BrFN5O. The van der Waals surface area contributed by atoms with E-state index in [1.54, 1.807) is 10.5 Å². The van der Waals surface area contributed by atoms with Gasteiger partial charge in [-0.25, -0.2) is 14.4 Å². The molecule has 4 rings (SSSR count). The van der Waals surface area contributed by atoms with Crippen molar-refractivity contribution in [2.45, 2.75) is 20.3 Å². The number of pyridine rings is 1. The molecular weight excluding hydrogens is 413 g/mol. The van der Waals surface area contributed by atoms with Crippen LogP contribution in [0, 0.1) is 19.7 Å². The molecule has 4 aromatic rings. The summed E-state index contributed by atoms with van der Waals surface area (Å²) < 4.78 is 15.9. The number of hydrogen-bond donors (Lipinski definition) is 2. The molecule has 6 nitrogen and oxygen atoms in total. The van der Waals surface area contributed by atoms with Gasteiger partial charge in [0.15, 0.2) is 0 Å². The maximum Gasteiger partial charge on any atom is 0.270 e. The lowest BCUT2D eigenvalue weighted by Crippen LogP contribution is -2.27. The van der Waals surface area contributed by atoms with Crippen molar-refractivity contribution in [1.29, 1.82) is 0 Å². The molecule has 0 aliphatic heterocycles. The number of hydrogen-bond acceptors (Lipinski definition) is 3. The van der Waals surface area contributed by atoms with Crippen LogP contribution >= 0.6 is 15.9 Å². The van der Waals surface area contributed by atoms with Gasteiger partial charge in [0.1, 0.15) is 23.0 Å². The molecule has 0 atom stereocenters. The van der Waals surface area contributed by atoms with Crippen LogP contribution in [0.25, 0.3) is 16.7 Å². The van der Waals surface area contributed by atoms with Gasteiger partial charge in [0.2, 0.25) is 0 Å². The Labute approximate surface area is 163 Å². The number of aryl methyl sites for hydroxylation is 2. The van der Waals surface area contributed by atoms with Crippen molar-refractivity contribution >= 4 is 38.5 Å². The third kappa shape index (κ3) is 3.32. The van der Waals surface area contributed by atoms with E-state index in [0.29, 0.717) is 41.2 Å². The van der Waals surface area contributed by atoms with Crippen LogP contribution in [-0.2, 0) is 6.42 Å². The Bertz CT molecular complexity index is 1180. The molecule has 3 aromatic heterocycles. The Balaban J connectivity index is 1.51. The zero-order valence-corrected chi connectivity index (χ0v) is 16.4. The molecule has 0 spiro atoms. The second-order valence-electron chi connectivity index (χ2n) is 6.43. The van der Waals surface area contributed by atoms with Crippen molar-refractivity contribution in [2.24, 2.45) is 0 Å². The van der Waals surface area contributed by atoms with E-state index in [0.717, 1.165) is 15.7 Å². The van der Waals surface area contributed by atoms with Gasteiger partial charge < -0.3 is 10.3 Å². The highest BCUT2D eigenvalue weighted by molar-refractivity contribution is 9.10. The minimum absolute atomic E-state index is 0.195. The number of imidazole rings is 2. The van der Waals surface area contributed by atoms with E-state index in [9.17, 15) is 9.18 Å². The van der Waals surface area contributed by atoms with Crippen LogP contribution in [0.5, 0.6) is 0 Å². The number of carbonyl (C=O) groups is 1. The van der Waals surface area contributed by atoms with Gasteiger partial charge >= 0.3 is 0 Å². The van der Waals surface area contributed by atoms with Gasteiger partial charge in [0.05, 0.1) is 16.7 Å². The molecule has 27 heavy (non-hydrogen) atoms. The van der Waals surface area contributed by atoms with Crippen molar-refractivity contribution < 1.29 is 9.18 Å². The summed E-state index contributed by atoms with van der Waals surface area (Å²) in [6, 6.07) is 6.38. The van der Waals surface area contributed by atoms with E-state index < -0.39 is 0 Å². The Morgan fingerprint density at radius 1 is 1.30 bits per heavy atom. The average Bonchev–Trinajstić information content (AvgIpc) is 3.14. The number of carbonyl (C=O) groups excluding carboxylic acids is 1. The molecule has 2 N–H and O–H groups in total. The Hall–Kier alpha value is -2.74.